The topological polar surface area (TPSA) is 45.9 Å². The SMILES string of the molecule is N#Cc1cc(COc2ccc(Br)cc2F)ccn1. The molecule has 5 heteroatoms. The molecular formula is C13H8BrFN2O. The summed E-state index contributed by atoms with van der Waals surface area (Å²) in [4.78, 5) is 3.85. The number of hydrogen-bond donors (Lipinski definition) is 0. The Bertz CT molecular complexity index is 610. The average Bonchev–Trinajstić information content (AvgIpc) is 2.38. The number of aromatic nitrogens is 1. The van der Waals surface area contributed by atoms with Crippen LogP contribution in [0.2, 0.25) is 0 Å². The van der Waals surface area contributed by atoms with Crippen molar-refractivity contribution >= 4 is 15.9 Å². The van der Waals surface area contributed by atoms with E-state index in [0.717, 1.165) is 5.56 Å². The smallest absolute Gasteiger partial charge is 0.166 e. The van der Waals surface area contributed by atoms with Crippen LogP contribution in [-0.2, 0) is 6.61 Å². The van der Waals surface area contributed by atoms with E-state index in [1.54, 1.807) is 24.3 Å². The van der Waals surface area contributed by atoms with Gasteiger partial charge in [-0.3, -0.25) is 0 Å². The minimum Gasteiger partial charge on any atom is -0.486 e. The Morgan fingerprint density at radius 3 is 2.89 bits per heavy atom. The summed E-state index contributed by atoms with van der Waals surface area (Å²) in [6.07, 6.45) is 1.52. The molecule has 0 aliphatic carbocycles. The monoisotopic (exact) mass is 306 g/mol. The molecule has 2 aromatic rings. The van der Waals surface area contributed by atoms with Crippen LogP contribution in [-0.4, -0.2) is 4.98 Å². The molecule has 0 saturated heterocycles. The van der Waals surface area contributed by atoms with Crippen LogP contribution in [0.3, 0.4) is 0 Å². The quantitative estimate of drug-likeness (QED) is 0.872. The lowest BCUT2D eigenvalue weighted by atomic mass is 10.2. The second kappa shape index (κ2) is 5.61. The molecule has 0 unspecified atom stereocenters. The van der Waals surface area contributed by atoms with Gasteiger partial charge in [-0.1, -0.05) is 15.9 Å². The van der Waals surface area contributed by atoms with E-state index in [0.29, 0.717) is 10.2 Å². The van der Waals surface area contributed by atoms with Gasteiger partial charge in [0.1, 0.15) is 18.4 Å². The fourth-order valence-electron chi connectivity index (χ4n) is 1.38. The van der Waals surface area contributed by atoms with E-state index in [2.05, 4.69) is 20.9 Å². The first-order chi connectivity index (χ1) is 8.69. The molecular weight excluding hydrogens is 299 g/mol. The number of halogens is 2. The molecule has 0 radical (unpaired) electrons. The molecule has 0 aliphatic rings. The van der Waals surface area contributed by atoms with E-state index in [9.17, 15) is 4.39 Å². The largest absolute Gasteiger partial charge is 0.486 e. The number of hydrogen-bond acceptors (Lipinski definition) is 3. The maximum atomic E-state index is 13.5. The fraction of sp³-hybridized carbons (Fsp3) is 0.0769. The van der Waals surface area contributed by atoms with Crippen LogP contribution < -0.4 is 4.74 Å². The molecule has 0 amide bonds. The van der Waals surface area contributed by atoms with Gasteiger partial charge in [-0.05, 0) is 35.9 Å². The summed E-state index contributed by atoms with van der Waals surface area (Å²) >= 11 is 3.17. The number of nitriles is 1. The Balaban J connectivity index is 2.09. The maximum Gasteiger partial charge on any atom is 0.166 e. The van der Waals surface area contributed by atoms with Gasteiger partial charge in [0, 0.05) is 10.7 Å². The molecule has 1 aromatic heterocycles. The highest BCUT2D eigenvalue weighted by atomic mass is 79.9. The van der Waals surface area contributed by atoms with E-state index >= 15 is 0 Å². The lowest BCUT2D eigenvalue weighted by Crippen LogP contribution is -1.98. The first kappa shape index (κ1) is 12.5. The third kappa shape index (κ3) is 3.05. The van der Waals surface area contributed by atoms with Gasteiger partial charge in [0.05, 0.1) is 0 Å². The van der Waals surface area contributed by atoms with Crippen molar-refractivity contribution in [1.82, 2.24) is 4.98 Å². The molecule has 2 rings (SSSR count). The highest BCUT2D eigenvalue weighted by molar-refractivity contribution is 9.10. The summed E-state index contributed by atoms with van der Waals surface area (Å²) in [7, 11) is 0. The molecule has 0 fully saturated rings. The lowest BCUT2D eigenvalue weighted by Gasteiger charge is -2.07. The summed E-state index contributed by atoms with van der Waals surface area (Å²) in [5, 5.41) is 8.70. The zero-order valence-corrected chi connectivity index (χ0v) is 10.8. The molecule has 3 nitrogen and oxygen atoms in total. The zero-order valence-electron chi connectivity index (χ0n) is 9.23. The molecule has 1 heterocycles. The Kier molecular flexibility index (Phi) is 3.90. The van der Waals surface area contributed by atoms with Crippen molar-refractivity contribution in [2.24, 2.45) is 0 Å². The van der Waals surface area contributed by atoms with Crippen molar-refractivity contribution in [2.45, 2.75) is 6.61 Å². The molecule has 0 aliphatic heterocycles. The fourth-order valence-corrected chi connectivity index (χ4v) is 1.71. The molecule has 0 spiro atoms. The third-order valence-corrected chi connectivity index (χ3v) is 2.72. The first-order valence-electron chi connectivity index (χ1n) is 5.12. The van der Waals surface area contributed by atoms with E-state index in [-0.39, 0.29) is 12.4 Å². The predicted octanol–water partition coefficient (Wildman–Crippen LogP) is 3.43. The molecule has 18 heavy (non-hydrogen) atoms. The Morgan fingerprint density at radius 1 is 1.33 bits per heavy atom. The van der Waals surface area contributed by atoms with Gasteiger partial charge in [0.25, 0.3) is 0 Å². The van der Waals surface area contributed by atoms with Gasteiger partial charge in [-0.15, -0.1) is 0 Å². The van der Waals surface area contributed by atoms with Crippen LogP contribution >= 0.6 is 15.9 Å². The predicted molar refractivity (Wildman–Crippen MR) is 67.4 cm³/mol. The number of pyridine rings is 1. The Labute approximate surface area is 112 Å². The number of nitrogens with zero attached hydrogens (tertiary/aromatic N) is 2. The van der Waals surface area contributed by atoms with Crippen LogP contribution in [0.1, 0.15) is 11.3 Å². The number of benzene rings is 1. The zero-order chi connectivity index (χ0) is 13.0. The molecule has 0 N–H and O–H groups in total. The first-order valence-corrected chi connectivity index (χ1v) is 5.91. The van der Waals surface area contributed by atoms with Crippen molar-refractivity contribution in [3.8, 4) is 11.8 Å². The highest BCUT2D eigenvalue weighted by Crippen LogP contribution is 2.22. The summed E-state index contributed by atoms with van der Waals surface area (Å²) in [5.74, 6) is -0.257. The average molecular weight is 307 g/mol. The molecule has 0 atom stereocenters. The summed E-state index contributed by atoms with van der Waals surface area (Å²) in [6.45, 7) is 0.190. The highest BCUT2D eigenvalue weighted by Gasteiger charge is 2.04. The van der Waals surface area contributed by atoms with E-state index in [4.69, 9.17) is 10.00 Å². The molecule has 0 bridgehead atoms. The lowest BCUT2D eigenvalue weighted by molar-refractivity contribution is 0.290. The minimum absolute atomic E-state index is 0.175. The molecule has 1 aromatic carbocycles. The van der Waals surface area contributed by atoms with Crippen LogP contribution in [0.15, 0.2) is 41.0 Å². The standard InChI is InChI=1S/C13H8BrFN2O/c14-10-1-2-13(12(15)6-10)18-8-9-3-4-17-11(5-9)7-16/h1-6H,8H2. The van der Waals surface area contributed by atoms with Crippen molar-refractivity contribution in [3.05, 3.63) is 58.1 Å². The second-order valence-corrected chi connectivity index (χ2v) is 4.44. The summed E-state index contributed by atoms with van der Waals surface area (Å²) < 4.78 is 19.5. The Hall–Kier alpha value is -1.93. The van der Waals surface area contributed by atoms with Gasteiger partial charge in [0.2, 0.25) is 0 Å². The van der Waals surface area contributed by atoms with Crippen LogP contribution in [0.25, 0.3) is 0 Å². The van der Waals surface area contributed by atoms with E-state index < -0.39 is 5.82 Å². The van der Waals surface area contributed by atoms with Gasteiger partial charge in [-0.25, -0.2) is 9.37 Å². The molecule has 90 valence electrons. The van der Waals surface area contributed by atoms with Crippen molar-refractivity contribution < 1.29 is 9.13 Å². The molecule has 0 saturated carbocycles. The van der Waals surface area contributed by atoms with Crippen molar-refractivity contribution in [1.29, 1.82) is 5.26 Å². The van der Waals surface area contributed by atoms with E-state index in [1.807, 2.05) is 6.07 Å². The van der Waals surface area contributed by atoms with Crippen molar-refractivity contribution in [3.63, 3.8) is 0 Å². The normalized spacial score (nSPS) is 9.83. The number of ether oxygens (including phenoxy) is 1. The van der Waals surface area contributed by atoms with Gasteiger partial charge in [0.15, 0.2) is 11.6 Å². The van der Waals surface area contributed by atoms with E-state index in [1.165, 1.54) is 12.3 Å². The second-order valence-electron chi connectivity index (χ2n) is 3.52. The van der Waals surface area contributed by atoms with Crippen LogP contribution in [0.5, 0.6) is 5.75 Å². The summed E-state index contributed by atoms with van der Waals surface area (Å²) in [6, 6.07) is 9.85. The van der Waals surface area contributed by atoms with Crippen LogP contribution in [0.4, 0.5) is 4.39 Å². The van der Waals surface area contributed by atoms with Gasteiger partial charge >= 0.3 is 0 Å². The van der Waals surface area contributed by atoms with Gasteiger partial charge < -0.3 is 4.74 Å². The number of rotatable bonds is 3. The van der Waals surface area contributed by atoms with Crippen LogP contribution in [0, 0.1) is 17.1 Å². The van der Waals surface area contributed by atoms with Gasteiger partial charge in [-0.2, -0.15) is 5.26 Å². The Morgan fingerprint density at radius 2 is 2.17 bits per heavy atom. The van der Waals surface area contributed by atoms with Crippen molar-refractivity contribution in [2.75, 3.05) is 0 Å². The summed E-state index contributed by atoms with van der Waals surface area (Å²) in [5.41, 5.74) is 1.08. The minimum atomic E-state index is -0.432. The third-order valence-electron chi connectivity index (χ3n) is 2.23. The maximum absolute atomic E-state index is 13.5.